The number of ether oxygens (including phenoxy) is 1. The van der Waals surface area contributed by atoms with Crippen LogP contribution in [0, 0.1) is 5.92 Å². The van der Waals surface area contributed by atoms with E-state index >= 15 is 0 Å². The Morgan fingerprint density at radius 1 is 1.56 bits per heavy atom. The first kappa shape index (κ1) is 13.1. The average molecular weight is 274 g/mol. The molecule has 0 spiro atoms. The van der Waals surface area contributed by atoms with Crippen LogP contribution in [0.25, 0.3) is 0 Å². The summed E-state index contributed by atoms with van der Waals surface area (Å²) in [5.41, 5.74) is 0. The molecule has 1 aromatic heterocycles. The van der Waals surface area contributed by atoms with Gasteiger partial charge in [-0.25, -0.2) is 13.1 Å². The molecule has 8 heteroatoms. The molecular weight excluding hydrogens is 260 g/mol. The lowest BCUT2D eigenvalue weighted by Crippen LogP contribution is -2.42. The standard InChI is InChI=1S/C10H14N2O5S/c1-12-3-2-7(4-12)18(15,16)11-9-6-17-5-8(9)10(13)14/h2-4,8-9,11H,5-6H2,1H3,(H,13,14). The van der Waals surface area contributed by atoms with Crippen molar-refractivity contribution in [3.05, 3.63) is 18.5 Å². The molecule has 100 valence electrons. The summed E-state index contributed by atoms with van der Waals surface area (Å²) in [5.74, 6) is -1.91. The SMILES string of the molecule is Cn1ccc(S(=O)(=O)NC2COCC2C(=O)O)c1. The van der Waals surface area contributed by atoms with E-state index in [1.165, 1.54) is 12.3 Å². The number of nitrogens with one attached hydrogen (secondary N) is 1. The molecule has 0 aromatic carbocycles. The third kappa shape index (κ3) is 2.55. The van der Waals surface area contributed by atoms with Gasteiger partial charge in [0.05, 0.1) is 30.1 Å². The maximum Gasteiger partial charge on any atom is 0.310 e. The Balaban J connectivity index is 2.16. The quantitative estimate of drug-likeness (QED) is 0.764. The third-order valence-electron chi connectivity index (χ3n) is 2.82. The number of hydrogen-bond donors (Lipinski definition) is 2. The van der Waals surface area contributed by atoms with Gasteiger partial charge in [-0.1, -0.05) is 0 Å². The molecule has 1 aliphatic heterocycles. The van der Waals surface area contributed by atoms with Crippen LogP contribution < -0.4 is 4.72 Å². The lowest BCUT2D eigenvalue weighted by Gasteiger charge is -2.15. The van der Waals surface area contributed by atoms with Gasteiger partial charge in [-0.3, -0.25) is 4.79 Å². The Morgan fingerprint density at radius 2 is 2.28 bits per heavy atom. The van der Waals surface area contributed by atoms with Gasteiger partial charge in [-0.2, -0.15) is 0 Å². The molecule has 2 atom stereocenters. The zero-order valence-corrected chi connectivity index (χ0v) is 10.6. The highest BCUT2D eigenvalue weighted by Gasteiger charge is 2.37. The van der Waals surface area contributed by atoms with Crippen molar-refractivity contribution in [2.24, 2.45) is 13.0 Å². The highest BCUT2D eigenvalue weighted by Crippen LogP contribution is 2.17. The van der Waals surface area contributed by atoms with Crippen molar-refractivity contribution in [2.75, 3.05) is 13.2 Å². The van der Waals surface area contributed by atoms with Crippen molar-refractivity contribution in [1.29, 1.82) is 0 Å². The number of hydrogen-bond acceptors (Lipinski definition) is 4. The molecule has 2 unspecified atom stereocenters. The van der Waals surface area contributed by atoms with Crippen LogP contribution in [0.5, 0.6) is 0 Å². The number of nitrogens with zero attached hydrogens (tertiary/aromatic N) is 1. The van der Waals surface area contributed by atoms with Crippen molar-refractivity contribution in [3.8, 4) is 0 Å². The van der Waals surface area contributed by atoms with Crippen LogP contribution in [0.1, 0.15) is 0 Å². The Hall–Kier alpha value is -1.38. The summed E-state index contributed by atoms with van der Waals surface area (Å²) >= 11 is 0. The monoisotopic (exact) mass is 274 g/mol. The van der Waals surface area contributed by atoms with Crippen LogP contribution in [0.2, 0.25) is 0 Å². The van der Waals surface area contributed by atoms with E-state index in [0.717, 1.165) is 0 Å². The van der Waals surface area contributed by atoms with Crippen molar-refractivity contribution in [1.82, 2.24) is 9.29 Å². The van der Waals surface area contributed by atoms with Crippen LogP contribution in [-0.4, -0.2) is 43.3 Å². The fraction of sp³-hybridized carbons (Fsp3) is 0.500. The van der Waals surface area contributed by atoms with Crippen LogP contribution in [0.15, 0.2) is 23.4 Å². The normalized spacial score (nSPS) is 24.3. The summed E-state index contributed by atoms with van der Waals surface area (Å²) in [6.07, 6.45) is 3.06. The van der Waals surface area contributed by atoms with Gasteiger partial charge in [0.2, 0.25) is 10.0 Å². The van der Waals surface area contributed by atoms with Crippen LogP contribution in [-0.2, 0) is 26.6 Å². The second-order valence-corrected chi connectivity index (χ2v) is 5.94. The average Bonchev–Trinajstić information content (AvgIpc) is 2.86. The molecule has 7 nitrogen and oxygen atoms in total. The van der Waals surface area contributed by atoms with Gasteiger partial charge in [0.25, 0.3) is 0 Å². The zero-order chi connectivity index (χ0) is 13.3. The molecule has 1 aliphatic rings. The summed E-state index contributed by atoms with van der Waals surface area (Å²) in [5, 5.41) is 8.94. The fourth-order valence-electron chi connectivity index (χ4n) is 1.82. The summed E-state index contributed by atoms with van der Waals surface area (Å²) in [4.78, 5) is 11.0. The molecule has 0 amide bonds. The number of aryl methyl sites for hydroxylation is 1. The largest absolute Gasteiger partial charge is 0.481 e. The highest BCUT2D eigenvalue weighted by molar-refractivity contribution is 7.89. The van der Waals surface area contributed by atoms with Gasteiger partial charge in [-0.15, -0.1) is 0 Å². The van der Waals surface area contributed by atoms with E-state index < -0.39 is 28.0 Å². The van der Waals surface area contributed by atoms with Gasteiger partial charge in [-0.05, 0) is 6.07 Å². The molecule has 1 fully saturated rings. The van der Waals surface area contributed by atoms with Gasteiger partial charge in [0.15, 0.2) is 0 Å². The number of carboxylic acid groups (broad SMARTS) is 1. The smallest absolute Gasteiger partial charge is 0.310 e. The summed E-state index contributed by atoms with van der Waals surface area (Å²) in [7, 11) is -2.00. The second kappa shape index (κ2) is 4.71. The van der Waals surface area contributed by atoms with Gasteiger partial charge in [0, 0.05) is 19.4 Å². The highest BCUT2D eigenvalue weighted by atomic mass is 32.2. The number of aromatic nitrogens is 1. The predicted molar refractivity (Wildman–Crippen MR) is 61.5 cm³/mol. The van der Waals surface area contributed by atoms with E-state index in [2.05, 4.69) is 4.72 Å². The molecule has 1 saturated heterocycles. The molecule has 2 heterocycles. The van der Waals surface area contributed by atoms with E-state index in [4.69, 9.17) is 9.84 Å². The molecule has 2 N–H and O–H groups in total. The summed E-state index contributed by atoms with van der Waals surface area (Å²) in [6, 6.07) is 0.723. The van der Waals surface area contributed by atoms with Crippen LogP contribution in [0.4, 0.5) is 0 Å². The molecule has 0 bridgehead atoms. The number of aliphatic carboxylic acids is 1. The van der Waals surface area contributed by atoms with E-state index in [9.17, 15) is 13.2 Å². The Kier molecular flexibility index (Phi) is 3.42. The van der Waals surface area contributed by atoms with Gasteiger partial charge in [0.1, 0.15) is 0 Å². The molecule has 0 saturated carbocycles. The fourth-order valence-corrected chi connectivity index (χ4v) is 3.13. The Morgan fingerprint density at radius 3 is 2.83 bits per heavy atom. The molecular formula is C10H14N2O5S. The minimum absolute atomic E-state index is 0.0251. The summed E-state index contributed by atoms with van der Waals surface area (Å²) in [6.45, 7) is 0.0976. The van der Waals surface area contributed by atoms with Crippen molar-refractivity contribution >= 4 is 16.0 Å². The second-order valence-electron chi connectivity index (χ2n) is 4.22. The number of carboxylic acids is 1. The first-order valence-corrected chi connectivity index (χ1v) is 6.83. The first-order valence-electron chi connectivity index (χ1n) is 5.35. The first-order chi connectivity index (χ1) is 8.40. The minimum Gasteiger partial charge on any atom is -0.481 e. The molecule has 2 rings (SSSR count). The lowest BCUT2D eigenvalue weighted by molar-refractivity contribution is -0.142. The van der Waals surface area contributed by atoms with Gasteiger partial charge >= 0.3 is 5.97 Å². The lowest BCUT2D eigenvalue weighted by atomic mass is 10.1. The van der Waals surface area contributed by atoms with E-state index in [1.54, 1.807) is 17.8 Å². The molecule has 18 heavy (non-hydrogen) atoms. The molecule has 1 aromatic rings. The van der Waals surface area contributed by atoms with Crippen molar-refractivity contribution in [3.63, 3.8) is 0 Å². The third-order valence-corrected chi connectivity index (χ3v) is 4.29. The van der Waals surface area contributed by atoms with E-state index in [-0.39, 0.29) is 18.1 Å². The predicted octanol–water partition coefficient (Wildman–Crippen LogP) is -0.597. The van der Waals surface area contributed by atoms with Crippen molar-refractivity contribution in [2.45, 2.75) is 10.9 Å². The van der Waals surface area contributed by atoms with Crippen LogP contribution in [0.3, 0.4) is 0 Å². The maximum absolute atomic E-state index is 12.0. The topological polar surface area (TPSA) is 97.6 Å². The zero-order valence-electron chi connectivity index (χ0n) is 9.74. The molecule has 0 aliphatic carbocycles. The Labute approximate surface area is 104 Å². The molecule has 0 radical (unpaired) electrons. The number of sulfonamides is 1. The number of rotatable bonds is 4. The van der Waals surface area contributed by atoms with Gasteiger partial charge < -0.3 is 14.4 Å². The van der Waals surface area contributed by atoms with E-state index in [1.807, 2.05) is 0 Å². The minimum atomic E-state index is -3.70. The van der Waals surface area contributed by atoms with Crippen LogP contribution >= 0.6 is 0 Å². The Bertz CT molecular complexity index is 550. The van der Waals surface area contributed by atoms with E-state index in [0.29, 0.717) is 0 Å². The number of carbonyl (C=O) groups is 1. The maximum atomic E-state index is 12.0. The summed E-state index contributed by atoms with van der Waals surface area (Å²) < 4.78 is 33.0. The van der Waals surface area contributed by atoms with Crippen molar-refractivity contribution < 1.29 is 23.1 Å².